The first-order valence-corrected chi connectivity index (χ1v) is 5.53. The zero-order chi connectivity index (χ0) is 10.4. The molecule has 0 atom stereocenters. The molecule has 2 heterocycles. The number of hydrogen-bond donors (Lipinski definition) is 1. The maximum atomic E-state index is 6.08. The Hall–Kier alpha value is -0.340. The number of hydrogen-bond acceptors (Lipinski definition) is 2. The van der Waals surface area contributed by atoms with E-state index in [4.69, 9.17) is 4.74 Å². The van der Waals surface area contributed by atoms with E-state index in [0.717, 1.165) is 19.5 Å². The van der Waals surface area contributed by atoms with Crippen LogP contribution in [0, 0.1) is 0 Å². The zero-order valence-electron chi connectivity index (χ0n) is 9.74. The Labute approximate surface area is 86.7 Å². The number of nitrogens with one attached hydrogen (secondary N) is 1. The third-order valence-corrected chi connectivity index (χ3v) is 3.23. The molecule has 0 radical (unpaired) electrons. The van der Waals surface area contributed by atoms with E-state index < -0.39 is 0 Å². The molecule has 0 aromatic carbocycles. The zero-order valence-corrected chi connectivity index (χ0v) is 9.74. The highest BCUT2D eigenvalue weighted by molar-refractivity contribution is 5.30. The molecule has 0 spiro atoms. The van der Waals surface area contributed by atoms with E-state index in [0.29, 0.717) is 0 Å². The molecule has 2 fully saturated rings. The average Bonchev–Trinajstić information content (AvgIpc) is 2.54. The Morgan fingerprint density at radius 2 is 1.93 bits per heavy atom. The lowest BCUT2D eigenvalue weighted by Crippen LogP contribution is -2.26. The Morgan fingerprint density at radius 3 is 2.36 bits per heavy atom. The van der Waals surface area contributed by atoms with Gasteiger partial charge in [-0.25, -0.2) is 0 Å². The molecule has 1 N–H and O–H groups in total. The van der Waals surface area contributed by atoms with E-state index in [2.05, 4.69) is 33.0 Å². The fourth-order valence-corrected chi connectivity index (χ4v) is 2.80. The molecule has 0 aliphatic carbocycles. The molecule has 0 amide bonds. The van der Waals surface area contributed by atoms with Crippen LogP contribution >= 0.6 is 0 Å². The van der Waals surface area contributed by atoms with Gasteiger partial charge in [0.25, 0.3) is 0 Å². The van der Waals surface area contributed by atoms with Crippen molar-refractivity contribution in [2.45, 2.75) is 51.7 Å². The van der Waals surface area contributed by atoms with Crippen molar-refractivity contribution >= 4 is 0 Å². The van der Waals surface area contributed by atoms with Crippen LogP contribution in [0.25, 0.3) is 0 Å². The molecule has 2 nitrogen and oxygen atoms in total. The Kier molecular flexibility index (Phi) is 2.24. The van der Waals surface area contributed by atoms with Gasteiger partial charge in [0.1, 0.15) is 0 Å². The summed E-state index contributed by atoms with van der Waals surface area (Å²) in [6.45, 7) is 11.0. The normalized spacial score (nSPS) is 35.1. The predicted octanol–water partition coefficient (Wildman–Crippen LogP) is 2.25. The molecule has 80 valence electrons. The predicted molar refractivity (Wildman–Crippen MR) is 58.4 cm³/mol. The average molecular weight is 195 g/mol. The summed E-state index contributed by atoms with van der Waals surface area (Å²) in [7, 11) is 0. The van der Waals surface area contributed by atoms with Gasteiger partial charge in [-0.15, -0.1) is 0 Å². The van der Waals surface area contributed by atoms with Gasteiger partial charge in [0, 0.05) is 6.54 Å². The Morgan fingerprint density at radius 1 is 1.21 bits per heavy atom. The second-order valence-corrected chi connectivity index (χ2v) is 5.56. The van der Waals surface area contributed by atoms with Crippen LogP contribution in [0.15, 0.2) is 11.1 Å². The van der Waals surface area contributed by atoms with Crippen LogP contribution in [0.2, 0.25) is 0 Å². The van der Waals surface area contributed by atoms with Crippen molar-refractivity contribution in [3.05, 3.63) is 11.1 Å². The van der Waals surface area contributed by atoms with Crippen molar-refractivity contribution in [3.63, 3.8) is 0 Å². The number of ether oxygens (including phenoxy) is 1. The molecular formula is C12H21NO. The van der Waals surface area contributed by atoms with E-state index in [-0.39, 0.29) is 11.2 Å². The molecule has 2 saturated heterocycles. The van der Waals surface area contributed by atoms with Gasteiger partial charge in [0.05, 0.1) is 11.2 Å². The molecule has 0 saturated carbocycles. The SMILES string of the molecule is CC1(C)C/C(=C2/CCNC2)C(C)(C)O1. The second-order valence-electron chi connectivity index (χ2n) is 5.56. The van der Waals surface area contributed by atoms with Gasteiger partial charge in [-0.2, -0.15) is 0 Å². The summed E-state index contributed by atoms with van der Waals surface area (Å²) < 4.78 is 6.08. The smallest absolute Gasteiger partial charge is 0.0847 e. The summed E-state index contributed by atoms with van der Waals surface area (Å²) in [5, 5.41) is 3.40. The lowest BCUT2D eigenvalue weighted by atomic mass is 9.89. The van der Waals surface area contributed by atoms with Crippen molar-refractivity contribution in [2.24, 2.45) is 0 Å². The minimum atomic E-state index is -0.0507. The maximum absolute atomic E-state index is 6.08. The summed E-state index contributed by atoms with van der Waals surface area (Å²) in [5.74, 6) is 0. The minimum absolute atomic E-state index is 0.0222. The topological polar surface area (TPSA) is 21.3 Å². The second kappa shape index (κ2) is 3.07. The third kappa shape index (κ3) is 1.73. The van der Waals surface area contributed by atoms with E-state index in [1.807, 2.05) is 0 Å². The summed E-state index contributed by atoms with van der Waals surface area (Å²) >= 11 is 0. The molecule has 2 aliphatic heterocycles. The lowest BCUT2D eigenvalue weighted by Gasteiger charge is -2.24. The standard InChI is InChI=1S/C12H21NO/c1-11(2)7-10(12(3,4)14-11)9-5-6-13-8-9/h13H,5-8H2,1-4H3/b10-9+. The molecule has 2 rings (SSSR count). The first-order chi connectivity index (χ1) is 6.41. The summed E-state index contributed by atoms with van der Waals surface area (Å²) in [6.07, 6.45) is 2.30. The van der Waals surface area contributed by atoms with Crippen molar-refractivity contribution in [1.29, 1.82) is 0 Å². The summed E-state index contributed by atoms with van der Waals surface area (Å²) in [4.78, 5) is 0. The molecule has 0 aromatic heterocycles. The maximum Gasteiger partial charge on any atom is 0.0847 e. The van der Waals surface area contributed by atoms with Crippen LogP contribution in [-0.4, -0.2) is 24.3 Å². The Balaban J connectivity index is 2.31. The van der Waals surface area contributed by atoms with Gasteiger partial charge in [-0.05, 0) is 52.7 Å². The first-order valence-electron chi connectivity index (χ1n) is 5.53. The highest BCUT2D eigenvalue weighted by Crippen LogP contribution is 2.43. The Bertz CT molecular complexity index is 268. The van der Waals surface area contributed by atoms with E-state index in [9.17, 15) is 0 Å². The monoisotopic (exact) mass is 195 g/mol. The molecule has 0 aromatic rings. The molecule has 0 bridgehead atoms. The lowest BCUT2D eigenvalue weighted by molar-refractivity contribution is -0.0568. The van der Waals surface area contributed by atoms with Crippen molar-refractivity contribution < 1.29 is 4.74 Å². The fourth-order valence-electron chi connectivity index (χ4n) is 2.80. The fraction of sp³-hybridized carbons (Fsp3) is 0.833. The van der Waals surface area contributed by atoms with Crippen molar-refractivity contribution in [2.75, 3.05) is 13.1 Å². The van der Waals surface area contributed by atoms with E-state index >= 15 is 0 Å². The van der Waals surface area contributed by atoms with Gasteiger partial charge in [0.2, 0.25) is 0 Å². The van der Waals surface area contributed by atoms with Gasteiger partial charge < -0.3 is 10.1 Å². The van der Waals surface area contributed by atoms with Crippen molar-refractivity contribution in [1.82, 2.24) is 5.32 Å². The number of rotatable bonds is 0. The first kappa shape index (κ1) is 10.2. The van der Waals surface area contributed by atoms with Crippen LogP contribution in [0.5, 0.6) is 0 Å². The van der Waals surface area contributed by atoms with Crippen molar-refractivity contribution in [3.8, 4) is 0 Å². The van der Waals surface area contributed by atoms with E-state index in [1.165, 1.54) is 12.0 Å². The van der Waals surface area contributed by atoms with Gasteiger partial charge >= 0.3 is 0 Å². The van der Waals surface area contributed by atoms with E-state index in [1.54, 1.807) is 5.57 Å². The quantitative estimate of drug-likeness (QED) is 0.599. The summed E-state index contributed by atoms with van der Waals surface area (Å²) in [5.41, 5.74) is 3.09. The highest BCUT2D eigenvalue weighted by atomic mass is 16.5. The summed E-state index contributed by atoms with van der Waals surface area (Å²) in [6, 6.07) is 0. The molecule has 2 aliphatic rings. The van der Waals surface area contributed by atoms with Crippen LogP contribution in [0.3, 0.4) is 0 Å². The molecule has 2 heteroatoms. The molecular weight excluding hydrogens is 174 g/mol. The molecule has 0 unspecified atom stereocenters. The van der Waals surface area contributed by atoms with Gasteiger partial charge in [-0.1, -0.05) is 5.57 Å². The van der Waals surface area contributed by atoms with Crippen LogP contribution < -0.4 is 5.32 Å². The van der Waals surface area contributed by atoms with Gasteiger partial charge in [0.15, 0.2) is 0 Å². The minimum Gasteiger partial charge on any atom is -0.365 e. The highest BCUT2D eigenvalue weighted by Gasteiger charge is 2.43. The third-order valence-electron chi connectivity index (χ3n) is 3.23. The van der Waals surface area contributed by atoms with Crippen LogP contribution in [-0.2, 0) is 4.74 Å². The van der Waals surface area contributed by atoms with Crippen LogP contribution in [0.1, 0.15) is 40.5 Å². The molecule has 14 heavy (non-hydrogen) atoms. The largest absolute Gasteiger partial charge is 0.365 e. The van der Waals surface area contributed by atoms with Gasteiger partial charge in [-0.3, -0.25) is 0 Å². The van der Waals surface area contributed by atoms with Crippen LogP contribution in [0.4, 0.5) is 0 Å².